The van der Waals surface area contributed by atoms with Gasteiger partial charge in [-0.1, -0.05) is 179 Å². The van der Waals surface area contributed by atoms with E-state index in [2.05, 4.69) is 221 Å². The fourth-order valence-corrected chi connectivity index (χ4v) is 10.3. The zero-order valence-corrected chi connectivity index (χ0v) is 36.5. The van der Waals surface area contributed by atoms with Gasteiger partial charge in [0.05, 0.1) is 11.4 Å². The molecule has 0 spiro atoms. The summed E-state index contributed by atoms with van der Waals surface area (Å²) >= 11 is 0. The molecule has 0 fully saturated rings. The van der Waals surface area contributed by atoms with Crippen molar-refractivity contribution in [1.82, 2.24) is 0 Å². The van der Waals surface area contributed by atoms with E-state index in [-0.39, 0.29) is 5.92 Å². The quantitative estimate of drug-likeness (QED) is 0.113. The number of para-hydroxylation sites is 4. The number of nitrogens with zero attached hydrogens (tertiary/aromatic N) is 1. The number of rotatable bonds is 8. The van der Waals surface area contributed by atoms with Gasteiger partial charge in [0.15, 0.2) is 5.58 Å². The molecular weight excluding hydrogens is 779 g/mol. The van der Waals surface area contributed by atoms with Crippen LogP contribution in [0, 0.1) is 0 Å². The molecule has 0 N–H and O–H groups in total. The third-order valence-corrected chi connectivity index (χ3v) is 13.6. The van der Waals surface area contributed by atoms with E-state index in [0.29, 0.717) is 11.8 Å². The lowest BCUT2D eigenvalue weighted by atomic mass is 9.80. The Labute approximate surface area is 372 Å². The van der Waals surface area contributed by atoms with Crippen molar-refractivity contribution in [3.63, 3.8) is 0 Å². The predicted octanol–water partition coefficient (Wildman–Crippen LogP) is 17.8. The highest BCUT2D eigenvalue weighted by Crippen LogP contribution is 2.49. The number of furan rings is 2. The Morgan fingerprint density at radius 1 is 0.328 bits per heavy atom. The molecular formula is C61H47NO2. The summed E-state index contributed by atoms with van der Waals surface area (Å²) in [6.07, 6.45) is 0. The molecule has 0 saturated carbocycles. The van der Waals surface area contributed by atoms with Gasteiger partial charge < -0.3 is 13.7 Å². The lowest BCUT2D eigenvalue weighted by molar-refractivity contribution is 0.661. The summed E-state index contributed by atoms with van der Waals surface area (Å²) < 4.78 is 13.6. The molecule has 0 radical (unpaired) electrons. The van der Waals surface area contributed by atoms with E-state index in [0.717, 1.165) is 71.9 Å². The minimum absolute atomic E-state index is 0.111. The van der Waals surface area contributed by atoms with Crippen LogP contribution in [0.1, 0.15) is 73.3 Å². The summed E-state index contributed by atoms with van der Waals surface area (Å²) in [4.78, 5) is 2.42. The van der Waals surface area contributed by atoms with Crippen LogP contribution in [-0.4, -0.2) is 0 Å². The molecule has 3 heteroatoms. The van der Waals surface area contributed by atoms with Gasteiger partial charge in [0.25, 0.3) is 0 Å². The number of hydrogen-bond acceptors (Lipinski definition) is 3. The Bertz CT molecular complexity index is 3490. The van der Waals surface area contributed by atoms with Gasteiger partial charge in [-0.3, -0.25) is 0 Å². The van der Waals surface area contributed by atoms with Gasteiger partial charge in [-0.25, -0.2) is 0 Å². The topological polar surface area (TPSA) is 29.5 Å². The van der Waals surface area contributed by atoms with E-state index in [9.17, 15) is 0 Å². The first-order valence-electron chi connectivity index (χ1n) is 22.6. The highest BCUT2D eigenvalue weighted by Gasteiger charge is 2.27. The molecule has 2 heterocycles. The van der Waals surface area contributed by atoms with Crippen LogP contribution in [0.15, 0.2) is 203 Å². The minimum atomic E-state index is -0.111. The Hall–Kier alpha value is -7.62. The Morgan fingerprint density at radius 2 is 0.797 bits per heavy atom. The van der Waals surface area contributed by atoms with Gasteiger partial charge in [0, 0.05) is 44.1 Å². The van der Waals surface area contributed by atoms with Gasteiger partial charge >= 0.3 is 0 Å². The Balaban J connectivity index is 1.16. The molecule has 12 aromatic rings. The number of anilines is 3. The van der Waals surface area contributed by atoms with Gasteiger partial charge in [0.1, 0.15) is 16.7 Å². The molecule has 10 aromatic carbocycles. The fourth-order valence-electron chi connectivity index (χ4n) is 10.3. The smallest absolute Gasteiger partial charge is 0.159 e. The minimum Gasteiger partial charge on any atom is -0.456 e. The molecule has 1 unspecified atom stereocenters. The molecule has 0 aliphatic carbocycles. The molecule has 1 atom stereocenters. The maximum absolute atomic E-state index is 6.82. The summed E-state index contributed by atoms with van der Waals surface area (Å²) in [6, 6.07) is 71.2. The highest BCUT2D eigenvalue weighted by molar-refractivity contribution is 6.23. The first-order valence-corrected chi connectivity index (χ1v) is 22.6. The van der Waals surface area contributed by atoms with E-state index in [1.807, 2.05) is 6.07 Å². The first-order chi connectivity index (χ1) is 31.4. The molecule has 64 heavy (non-hydrogen) atoms. The van der Waals surface area contributed by atoms with Gasteiger partial charge in [-0.15, -0.1) is 0 Å². The zero-order valence-electron chi connectivity index (χ0n) is 36.5. The van der Waals surface area contributed by atoms with Crippen LogP contribution in [0.5, 0.6) is 0 Å². The van der Waals surface area contributed by atoms with Crippen LogP contribution >= 0.6 is 0 Å². The molecule has 3 nitrogen and oxygen atoms in total. The van der Waals surface area contributed by atoms with Crippen molar-refractivity contribution < 1.29 is 8.83 Å². The van der Waals surface area contributed by atoms with Crippen molar-refractivity contribution in [2.45, 2.75) is 45.4 Å². The summed E-state index contributed by atoms with van der Waals surface area (Å²) in [5.74, 6) is 0.735. The van der Waals surface area contributed by atoms with Crippen molar-refractivity contribution in [2.24, 2.45) is 0 Å². The molecule has 0 aliphatic rings. The maximum Gasteiger partial charge on any atom is 0.159 e. The van der Waals surface area contributed by atoms with Crippen LogP contribution in [0.4, 0.5) is 17.1 Å². The summed E-state index contributed by atoms with van der Waals surface area (Å²) in [7, 11) is 0. The summed E-state index contributed by atoms with van der Waals surface area (Å²) in [5, 5.41) is 11.7. The van der Waals surface area contributed by atoms with E-state index >= 15 is 0 Å². The predicted molar refractivity (Wildman–Crippen MR) is 270 cm³/mol. The summed E-state index contributed by atoms with van der Waals surface area (Å²) in [5.41, 5.74) is 13.0. The van der Waals surface area contributed by atoms with Crippen LogP contribution < -0.4 is 4.90 Å². The third-order valence-electron chi connectivity index (χ3n) is 13.6. The fraction of sp³-hybridized carbons (Fsp3) is 0.115. The van der Waals surface area contributed by atoms with Crippen molar-refractivity contribution in [3.8, 4) is 0 Å². The van der Waals surface area contributed by atoms with Crippen LogP contribution in [0.2, 0.25) is 0 Å². The van der Waals surface area contributed by atoms with E-state index in [1.165, 1.54) is 49.2 Å². The normalized spacial score (nSPS) is 12.6. The second-order valence-corrected chi connectivity index (χ2v) is 18.0. The van der Waals surface area contributed by atoms with Crippen molar-refractivity contribution in [3.05, 3.63) is 222 Å². The molecule has 0 saturated heterocycles. The van der Waals surface area contributed by atoms with Crippen molar-refractivity contribution >= 4 is 93.3 Å². The molecule has 0 aliphatic heterocycles. The first kappa shape index (κ1) is 38.1. The second-order valence-electron chi connectivity index (χ2n) is 18.0. The van der Waals surface area contributed by atoms with E-state index in [4.69, 9.17) is 8.83 Å². The molecule has 0 amide bonds. The highest BCUT2D eigenvalue weighted by atomic mass is 16.3. The van der Waals surface area contributed by atoms with Gasteiger partial charge in [-0.2, -0.15) is 0 Å². The van der Waals surface area contributed by atoms with Gasteiger partial charge in [0.2, 0.25) is 0 Å². The average molecular weight is 826 g/mol. The average Bonchev–Trinajstić information content (AvgIpc) is 3.92. The Kier molecular flexibility index (Phi) is 8.95. The van der Waals surface area contributed by atoms with Crippen LogP contribution in [-0.2, 0) is 0 Å². The summed E-state index contributed by atoms with van der Waals surface area (Å²) in [6.45, 7) is 9.02. The number of benzene rings is 10. The van der Waals surface area contributed by atoms with Crippen molar-refractivity contribution in [2.75, 3.05) is 4.90 Å². The van der Waals surface area contributed by atoms with Crippen LogP contribution in [0.3, 0.4) is 0 Å². The number of hydrogen-bond donors (Lipinski definition) is 0. The second kappa shape index (κ2) is 15.0. The zero-order chi connectivity index (χ0) is 43.1. The molecule has 12 rings (SSSR count). The van der Waals surface area contributed by atoms with E-state index < -0.39 is 0 Å². The van der Waals surface area contributed by atoms with Crippen LogP contribution in [0.25, 0.3) is 76.2 Å². The van der Waals surface area contributed by atoms with Crippen molar-refractivity contribution in [1.29, 1.82) is 0 Å². The Morgan fingerprint density at radius 3 is 1.44 bits per heavy atom. The monoisotopic (exact) mass is 825 g/mol. The molecule has 0 bridgehead atoms. The largest absolute Gasteiger partial charge is 0.456 e. The standard InChI is InChI=1S/C61H47NO2/c1-37(2)39-27-29-41(30-28-39)59(51-23-13-21-49-47-19-9-11-25-57(47)63-60(49)51)54-35-52-45-17-7-8-18-46(45)56(36-53(52)43-15-5-6-16-44(43)54)62(42-33-31-40(32-34-42)38(3)4)55-24-14-22-50-48-20-10-12-26-58(48)64-61(50)55/h5-38,59H,1-4H3. The lowest BCUT2D eigenvalue weighted by Crippen LogP contribution is -2.11. The third kappa shape index (κ3) is 6.02. The molecule has 308 valence electrons. The number of fused-ring (bicyclic) bond motifs is 11. The molecule has 2 aromatic heterocycles. The lowest BCUT2D eigenvalue weighted by Gasteiger charge is -2.29. The SMILES string of the molecule is CC(C)c1ccc(C(c2cc3c4ccccc4c(N(c4ccc(C(C)C)cc4)c4cccc5c4oc4ccccc45)cc3c3ccccc23)c2cccc3c2oc2ccccc23)cc1. The van der Waals surface area contributed by atoms with Gasteiger partial charge in [-0.05, 0) is 103 Å². The van der Waals surface area contributed by atoms with E-state index in [1.54, 1.807) is 0 Å². The maximum atomic E-state index is 6.82.